The number of aliphatic hydroxyl groups excluding tert-OH is 1. The van der Waals surface area contributed by atoms with Crippen molar-refractivity contribution in [2.75, 3.05) is 26.7 Å². The molecule has 2 aliphatic rings. The van der Waals surface area contributed by atoms with Crippen molar-refractivity contribution in [3.63, 3.8) is 0 Å². The zero-order valence-electron chi connectivity index (χ0n) is 15.4. The van der Waals surface area contributed by atoms with Gasteiger partial charge in [0, 0.05) is 31.7 Å². The van der Waals surface area contributed by atoms with Gasteiger partial charge < -0.3 is 15.3 Å². The third-order valence-electron chi connectivity index (χ3n) is 5.78. The van der Waals surface area contributed by atoms with Crippen molar-refractivity contribution in [1.82, 2.24) is 15.1 Å². The molecule has 1 saturated carbocycles. The Morgan fingerprint density at radius 1 is 1.24 bits per heavy atom. The summed E-state index contributed by atoms with van der Waals surface area (Å²) in [5, 5.41) is 13.6. The van der Waals surface area contributed by atoms with Crippen molar-refractivity contribution in [1.29, 1.82) is 0 Å². The Morgan fingerprint density at radius 3 is 2.48 bits per heavy atom. The van der Waals surface area contributed by atoms with Gasteiger partial charge in [-0.05, 0) is 51.1 Å². The first-order chi connectivity index (χ1) is 12.1. The van der Waals surface area contributed by atoms with Gasteiger partial charge in [-0.25, -0.2) is 4.79 Å². The molecule has 138 valence electrons. The fraction of sp³-hybridized carbons (Fsp3) is 0.650. The highest BCUT2D eigenvalue weighted by Gasteiger charge is 2.30. The number of likely N-dealkylation sites (N-methyl/N-ethyl adjacent to an activating group) is 1. The van der Waals surface area contributed by atoms with Gasteiger partial charge in [-0.1, -0.05) is 30.3 Å². The van der Waals surface area contributed by atoms with E-state index in [9.17, 15) is 9.90 Å². The first-order valence-electron chi connectivity index (χ1n) is 9.54. The molecule has 2 amide bonds. The van der Waals surface area contributed by atoms with Crippen LogP contribution in [0.5, 0.6) is 0 Å². The first kappa shape index (κ1) is 18.2. The molecule has 0 bridgehead atoms. The molecule has 0 radical (unpaired) electrons. The predicted octanol–water partition coefficient (Wildman–Crippen LogP) is 2.62. The Kier molecular flexibility index (Phi) is 5.97. The lowest BCUT2D eigenvalue weighted by Crippen LogP contribution is -2.48. The fourth-order valence-electron chi connectivity index (χ4n) is 3.67. The van der Waals surface area contributed by atoms with Gasteiger partial charge >= 0.3 is 6.03 Å². The van der Waals surface area contributed by atoms with Crippen LogP contribution in [0.3, 0.4) is 0 Å². The van der Waals surface area contributed by atoms with E-state index in [1.807, 2.05) is 35.2 Å². The number of aliphatic hydroxyl groups is 1. The maximum Gasteiger partial charge on any atom is 0.317 e. The summed E-state index contributed by atoms with van der Waals surface area (Å²) >= 11 is 0. The van der Waals surface area contributed by atoms with Crippen LogP contribution in [0.1, 0.15) is 44.3 Å². The van der Waals surface area contributed by atoms with Crippen molar-refractivity contribution < 1.29 is 9.90 Å². The number of rotatable bonds is 6. The minimum Gasteiger partial charge on any atom is -0.388 e. The van der Waals surface area contributed by atoms with Gasteiger partial charge in [0.2, 0.25) is 0 Å². The predicted molar refractivity (Wildman–Crippen MR) is 99.3 cm³/mol. The lowest BCUT2D eigenvalue weighted by atomic mass is 9.87. The van der Waals surface area contributed by atoms with E-state index < -0.39 is 6.10 Å². The smallest absolute Gasteiger partial charge is 0.317 e. The highest BCUT2D eigenvalue weighted by atomic mass is 16.3. The Balaban J connectivity index is 1.41. The highest BCUT2D eigenvalue weighted by Crippen LogP contribution is 2.30. The Morgan fingerprint density at radius 2 is 1.88 bits per heavy atom. The minimum atomic E-state index is -0.432. The molecule has 1 aliphatic heterocycles. The normalized spacial score (nSPS) is 21.2. The quantitative estimate of drug-likeness (QED) is 0.833. The third kappa shape index (κ3) is 4.73. The number of nitrogens with zero attached hydrogens (tertiary/aromatic N) is 2. The number of hydrogen-bond donors (Lipinski definition) is 2. The molecule has 25 heavy (non-hydrogen) atoms. The van der Waals surface area contributed by atoms with E-state index in [1.165, 1.54) is 12.8 Å². The average molecular weight is 345 g/mol. The van der Waals surface area contributed by atoms with Crippen LogP contribution in [0.15, 0.2) is 30.3 Å². The maximum atomic E-state index is 12.4. The molecular formula is C20H31N3O2. The Hall–Kier alpha value is -1.59. The molecule has 5 heteroatoms. The van der Waals surface area contributed by atoms with Crippen LogP contribution in [0.2, 0.25) is 0 Å². The topological polar surface area (TPSA) is 55.8 Å². The molecule has 1 aromatic carbocycles. The number of carbonyl (C=O) groups excluding carboxylic acids is 1. The number of hydrogen-bond acceptors (Lipinski definition) is 3. The van der Waals surface area contributed by atoms with E-state index in [0.29, 0.717) is 31.7 Å². The Bertz CT molecular complexity index is 553. The summed E-state index contributed by atoms with van der Waals surface area (Å²) in [7, 11) is 2.14. The van der Waals surface area contributed by atoms with Gasteiger partial charge in [0.05, 0.1) is 6.10 Å². The van der Waals surface area contributed by atoms with E-state index in [0.717, 1.165) is 18.4 Å². The van der Waals surface area contributed by atoms with Crippen LogP contribution in [0, 0.1) is 5.92 Å². The van der Waals surface area contributed by atoms with Crippen LogP contribution in [0.4, 0.5) is 4.79 Å². The van der Waals surface area contributed by atoms with E-state index in [2.05, 4.69) is 24.2 Å². The van der Waals surface area contributed by atoms with Crippen molar-refractivity contribution in [2.45, 2.75) is 50.8 Å². The molecule has 1 heterocycles. The minimum absolute atomic E-state index is 0.0312. The molecular weight excluding hydrogens is 314 g/mol. The molecule has 5 nitrogen and oxygen atoms in total. The second-order valence-corrected chi connectivity index (χ2v) is 7.61. The van der Waals surface area contributed by atoms with Crippen molar-refractivity contribution in [3.05, 3.63) is 35.9 Å². The van der Waals surface area contributed by atoms with Crippen LogP contribution in [-0.2, 0) is 0 Å². The summed E-state index contributed by atoms with van der Waals surface area (Å²) in [6.07, 6.45) is 3.83. The van der Waals surface area contributed by atoms with Crippen molar-refractivity contribution >= 4 is 6.03 Å². The largest absolute Gasteiger partial charge is 0.388 e. The molecule has 2 unspecified atom stereocenters. The standard InChI is InChI=1S/C20H31N3O2/c1-15(22(2)18-8-9-18)14-21-20(25)23-12-10-17(11-13-23)19(24)16-6-4-3-5-7-16/h3-7,15,17-19,24H,8-14H2,1-2H3,(H,21,25). The number of benzene rings is 1. The number of nitrogens with one attached hydrogen (secondary N) is 1. The summed E-state index contributed by atoms with van der Waals surface area (Å²) < 4.78 is 0. The highest BCUT2D eigenvalue weighted by molar-refractivity contribution is 5.74. The van der Waals surface area contributed by atoms with E-state index in [4.69, 9.17) is 0 Å². The molecule has 0 aromatic heterocycles. The van der Waals surface area contributed by atoms with Crippen LogP contribution in [0.25, 0.3) is 0 Å². The average Bonchev–Trinajstić information content (AvgIpc) is 3.50. The molecule has 3 rings (SSSR count). The first-order valence-corrected chi connectivity index (χ1v) is 9.54. The lowest BCUT2D eigenvalue weighted by molar-refractivity contribution is 0.0663. The van der Waals surface area contributed by atoms with Gasteiger partial charge in [-0.3, -0.25) is 4.90 Å². The zero-order valence-corrected chi connectivity index (χ0v) is 15.4. The van der Waals surface area contributed by atoms with Gasteiger partial charge in [0.1, 0.15) is 0 Å². The summed E-state index contributed by atoms with van der Waals surface area (Å²) in [6.45, 7) is 4.29. The monoisotopic (exact) mass is 345 g/mol. The van der Waals surface area contributed by atoms with Gasteiger partial charge in [-0.2, -0.15) is 0 Å². The molecule has 1 aliphatic carbocycles. The SMILES string of the molecule is CC(CNC(=O)N1CCC(C(O)c2ccccc2)CC1)N(C)C1CC1. The summed E-state index contributed by atoms with van der Waals surface area (Å²) in [5.74, 6) is 0.228. The van der Waals surface area contributed by atoms with E-state index in [1.54, 1.807) is 0 Å². The number of likely N-dealkylation sites (tertiary alicyclic amines) is 1. The van der Waals surface area contributed by atoms with Gasteiger partial charge in [-0.15, -0.1) is 0 Å². The van der Waals surface area contributed by atoms with Crippen LogP contribution < -0.4 is 5.32 Å². The lowest BCUT2D eigenvalue weighted by Gasteiger charge is -2.35. The molecule has 1 aromatic rings. The fourth-order valence-corrected chi connectivity index (χ4v) is 3.67. The van der Waals surface area contributed by atoms with Gasteiger partial charge in [0.15, 0.2) is 0 Å². The van der Waals surface area contributed by atoms with Crippen LogP contribution in [-0.4, -0.2) is 59.7 Å². The number of amides is 2. The summed E-state index contributed by atoms with van der Waals surface area (Å²) in [6, 6.07) is 10.9. The van der Waals surface area contributed by atoms with E-state index in [-0.39, 0.29) is 11.9 Å². The second kappa shape index (κ2) is 8.19. The number of urea groups is 1. The van der Waals surface area contributed by atoms with Crippen molar-refractivity contribution in [3.8, 4) is 0 Å². The van der Waals surface area contributed by atoms with Gasteiger partial charge in [0.25, 0.3) is 0 Å². The number of carbonyl (C=O) groups is 1. The third-order valence-corrected chi connectivity index (χ3v) is 5.78. The second-order valence-electron chi connectivity index (χ2n) is 7.61. The maximum absolute atomic E-state index is 12.4. The molecule has 2 N–H and O–H groups in total. The molecule has 1 saturated heterocycles. The van der Waals surface area contributed by atoms with Crippen LogP contribution >= 0.6 is 0 Å². The zero-order chi connectivity index (χ0) is 17.8. The van der Waals surface area contributed by atoms with Crippen molar-refractivity contribution in [2.24, 2.45) is 5.92 Å². The summed E-state index contributed by atoms with van der Waals surface area (Å²) in [4.78, 5) is 16.6. The molecule has 2 atom stereocenters. The van der Waals surface area contributed by atoms with E-state index >= 15 is 0 Å². The molecule has 0 spiro atoms. The Labute approximate surface area is 151 Å². The molecule has 2 fully saturated rings. The number of piperidine rings is 1. The summed E-state index contributed by atoms with van der Waals surface area (Å²) in [5.41, 5.74) is 0.974.